The van der Waals surface area contributed by atoms with Gasteiger partial charge in [-0.3, -0.25) is 38.5 Å². The van der Waals surface area contributed by atoms with Gasteiger partial charge in [0.15, 0.2) is 5.69 Å². The number of imide groups is 1. The molecule has 3 rings (SSSR count). The van der Waals surface area contributed by atoms with Crippen molar-refractivity contribution < 1.29 is 18.8 Å². The first-order valence-corrected chi connectivity index (χ1v) is 10.1. The molecule has 0 saturated carbocycles. The summed E-state index contributed by atoms with van der Waals surface area (Å²) in [4.78, 5) is 66.0. The molecule has 31 heavy (non-hydrogen) atoms. The predicted molar refractivity (Wildman–Crippen MR) is 111 cm³/mol. The lowest BCUT2D eigenvalue weighted by atomic mass is 10.2. The van der Waals surface area contributed by atoms with E-state index in [0.29, 0.717) is 12.2 Å². The summed E-state index contributed by atoms with van der Waals surface area (Å²) >= 11 is 0. The average Bonchev–Trinajstić information content (AvgIpc) is 3.35. The van der Waals surface area contributed by atoms with Crippen molar-refractivity contribution in [1.82, 2.24) is 14.5 Å². The summed E-state index contributed by atoms with van der Waals surface area (Å²) in [5.41, 5.74) is 4.53. The number of carbonyl (C=O) groups is 3. The number of hydrogen-bond donors (Lipinski definition) is 2. The number of aromatic nitrogens is 2. The Kier molecular flexibility index (Phi) is 6.73. The van der Waals surface area contributed by atoms with Crippen molar-refractivity contribution in [2.45, 2.75) is 52.1 Å². The van der Waals surface area contributed by atoms with E-state index >= 15 is 0 Å². The fourth-order valence-corrected chi connectivity index (χ4v) is 3.44. The summed E-state index contributed by atoms with van der Waals surface area (Å²) in [6.45, 7) is 2.03. The van der Waals surface area contributed by atoms with Crippen LogP contribution in [0.1, 0.15) is 44.8 Å². The zero-order valence-electron chi connectivity index (χ0n) is 17.3. The van der Waals surface area contributed by atoms with Crippen LogP contribution in [0.4, 0.5) is 11.5 Å². The average molecular weight is 431 g/mol. The summed E-state index contributed by atoms with van der Waals surface area (Å²) in [7, 11) is 0. The van der Waals surface area contributed by atoms with Gasteiger partial charge in [-0.1, -0.05) is 13.3 Å². The first kappa shape index (κ1) is 22.1. The van der Waals surface area contributed by atoms with E-state index in [2.05, 4.69) is 4.98 Å². The Hall–Kier alpha value is -3.63. The van der Waals surface area contributed by atoms with E-state index in [1.165, 1.54) is 10.8 Å². The number of nitrogens with zero attached hydrogens (tertiary/aromatic N) is 3. The van der Waals surface area contributed by atoms with E-state index in [4.69, 9.17) is 10.2 Å². The number of amides is 3. The number of rotatable bonds is 9. The number of aromatic amines is 1. The third-order valence-corrected chi connectivity index (χ3v) is 5.12. The number of likely N-dealkylation sites (tertiary alicyclic amines) is 1. The highest BCUT2D eigenvalue weighted by molar-refractivity contribution is 6.02. The van der Waals surface area contributed by atoms with Gasteiger partial charge >= 0.3 is 5.69 Å². The van der Waals surface area contributed by atoms with Crippen molar-refractivity contribution in [1.29, 1.82) is 0 Å². The van der Waals surface area contributed by atoms with Crippen LogP contribution in [-0.4, -0.2) is 38.7 Å². The van der Waals surface area contributed by atoms with Gasteiger partial charge < -0.3 is 10.2 Å². The molecule has 0 spiro atoms. The Balaban J connectivity index is 1.94. The Morgan fingerprint density at radius 2 is 1.90 bits per heavy atom. The van der Waals surface area contributed by atoms with Gasteiger partial charge in [0.25, 0.3) is 5.56 Å². The number of anilines is 2. The van der Waals surface area contributed by atoms with Gasteiger partial charge in [0.1, 0.15) is 11.6 Å². The molecule has 1 aliphatic heterocycles. The normalized spacial score (nSPS) is 13.8. The van der Waals surface area contributed by atoms with Crippen molar-refractivity contribution in [3.8, 4) is 0 Å². The van der Waals surface area contributed by atoms with Crippen LogP contribution in [-0.2, 0) is 27.5 Å². The van der Waals surface area contributed by atoms with Gasteiger partial charge in [0.05, 0.1) is 12.8 Å². The second kappa shape index (κ2) is 9.45. The summed E-state index contributed by atoms with van der Waals surface area (Å²) in [5, 5.41) is 0. The second-order valence-corrected chi connectivity index (χ2v) is 7.25. The highest BCUT2D eigenvalue weighted by Crippen LogP contribution is 2.22. The third-order valence-electron chi connectivity index (χ3n) is 5.12. The van der Waals surface area contributed by atoms with Crippen LogP contribution in [0, 0.1) is 0 Å². The van der Waals surface area contributed by atoms with E-state index in [1.54, 1.807) is 12.1 Å². The van der Waals surface area contributed by atoms with Crippen molar-refractivity contribution in [3.05, 3.63) is 45.0 Å². The maximum absolute atomic E-state index is 13.1. The van der Waals surface area contributed by atoms with Gasteiger partial charge in [0, 0.05) is 32.4 Å². The Labute approximate surface area is 177 Å². The molecule has 1 fully saturated rings. The number of hydrogen-bond acceptors (Lipinski definition) is 7. The Morgan fingerprint density at radius 1 is 1.19 bits per heavy atom. The number of carbonyl (C=O) groups excluding carboxylic acids is 3. The molecule has 2 aromatic rings. The van der Waals surface area contributed by atoms with E-state index in [0.717, 1.165) is 16.2 Å². The quantitative estimate of drug-likeness (QED) is 0.551. The molecule has 3 N–H and O–H groups in total. The van der Waals surface area contributed by atoms with E-state index in [1.807, 2.05) is 6.92 Å². The smallest absolute Gasteiger partial charge is 0.330 e. The molecule has 0 aromatic carbocycles. The summed E-state index contributed by atoms with van der Waals surface area (Å²) in [6, 6.07) is 3.26. The highest BCUT2D eigenvalue weighted by atomic mass is 16.3. The summed E-state index contributed by atoms with van der Waals surface area (Å²) in [5.74, 6) is -0.939. The van der Waals surface area contributed by atoms with Gasteiger partial charge in [-0.05, 0) is 18.6 Å². The zero-order valence-corrected chi connectivity index (χ0v) is 17.3. The van der Waals surface area contributed by atoms with E-state index in [9.17, 15) is 24.0 Å². The van der Waals surface area contributed by atoms with Gasteiger partial charge in [-0.15, -0.1) is 0 Å². The summed E-state index contributed by atoms with van der Waals surface area (Å²) in [6.07, 6.45) is 2.92. The number of furan rings is 1. The monoisotopic (exact) mass is 431 g/mol. The maximum Gasteiger partial charge on any atom is 0.330 e. The third kappa shape index (κ3) is 4.76. The van der Waals surface area contributed by atoms with Crippen molar-refractivity contribution >= 4 is 29.2 Å². The highest BCUT2D eigenvalue weighted by Gasteiger charge is 2.31. The molecule has 0 aliphatic carbocycles. The molecule has 3 heterocycles. The SMILES string of the molecule is CCCCn1c(N)c(N(Cc2ccco2)C(=O)CCN2C(=O)CCC2=O)c(=O)[nH]c1=O. The lowest BCUT2D eigenvalue weighted by Crippen LogP contribution is -2.42. The van der Waals surface area contributed by atoms with Gasteiger partial charge in [-0.2, -0.15) is 0 Å². The van der Waals surface area contributed by atoms with Crippen LogP contribution in [0.15, 0.2) is 32.4 Å². The lowest BCUT2D eigenvalue weighted by Gasteiger charge is -2.24. The number of nitrogens with two attached hydrogens (primary N) is 1. The fraction of sp³-hybridized carbons (Fsp3) is 0.450. The minimum Gasteiger partial charge on any atom is -0.467 e. The van der Waals surface area contributed by atoms with Crippen LogP contribution in [0.2, 0.25) is 0 Å². The molecular weight excluding hydrogens is 406 g/mol. The second-order valence-electron chi connectivity index (χ2n) is 7.25. The van der Waals surface area contributed by atoms with E-state index in [-0.39, 0.29) is 62.2 Å². The molecule has 0 bridgehead atoms. The fourth-order valence-electron chi connectivity index (χ4n) is 3.44. The van der Waals surface area contributed by atoms with Crippen LogP contribution in [0.25, 0.3) is 0 Å². The van der Waals surface area contributed by atoms with Crippen LogP contribution >= 0.6 is 0 Å². The Morgan fingerprint density at radius 3 is 2.52 bits per heavy atom. The molecule has 1 aliphatic rings. The largest absolute Gasteiger partial charge is 0.467 e. The first-order chi connectivity index (χ1) is 14.8. The molecule has 1 saturated heterocycles. The predicted octanol–water partition coefficient (Wildman–Crippen LogP) is 0.584. The number of unbranched alkanes of at least 4 members (excludes halogenated alkanes) is 1. The van der Waals surface area contributed by atoms with Crippen LogP contribution < -0.4 is 21.9 Å². The standard InChI is InChI=1S/C20H25N5O6/c1-2-3-9-24-18(21)17(19(29)22-20(24)30)25(12-13-5-4-11-31-13)16(28)8-10-23-14(26)6-7-15(23)27/h4-5,11H,2-3,6-10,12,21H2,1H3,(H,22,29,30). The first-order valence-electron chi connectivity index (χ1n) is 10.1. The van der Waals surface area contributed by atoms with Crippen molar-refractivity contribution in [3.63, 3.8) is 0 Å². The molecule has 166 valence electrons. The minimum atomic E-state index is -0.802. The molecule has 0 atom stereocenters. The topological polar surface area (TPSA) is 152 Å². The molecule has 0 unspecified atom stereocenters. The molecule has 11 heteroatoms. The molecule has 11 nitrogen and oxygen atoms in total. The Bertz CT molecular complexity index is 1070. The van der Waals surface area contributed by atoms with E-state index < -0.39 is 17.2 Å². The molecule has 3 amide bonds. The number of nitrogen functional groups attached to an aromatic ring is 1. The van der Waals surface area contributed by atoms with Gasteiger partial charge in [0.2, 0.25) is 17.7 Å². The molecule has 2 aromatic heterocycles. The number of nitrogens with one attached hydrogen (secondary N) is 1. The van der Waals surface area contributed by atoms with Crippen LogP contribution in [0.3, 0.4) is 0 Å². The van der Waals surface area contributed by atoms with Gasteiger partial charge in [-0.25, -0.2) is 4.79 Å². The van der Waals surface area contributed by atoms with Crippen LogP contribution in [0.5, 0.6) is 0 Å². The maximum atomic E-state index is 13.1. The zero-order chi connectivity index (χ0) is 22.5. The van der Waals surface area contributed by atoms with Crippen molar-refractivity contribution in [2.24, 2.45) is 0 Å². The van der Waals surface area contributed by atoms with Crippen molar-refractivity contribution in [2.75, 3.05) is 17.2 Å². The summed E-state index contributed by atoms with van der Waals surface area (Å²) < 4.78 is 6.53. The minimum absolute atomic E-state index is 0.0988. The number of H-pyrrole nitrogens is 1. The lowest BCUT2D eigenvalue weighted by molar-refractivity contribution is -0.138. The molecular formula is C20H25N5O6. The molecule has 0 radical (unpaired) electrons.